The molecule has 84 valence electrons. The average Bonchev–Trinajstić information content (AvgIpc) is 3.07. The standard InChI is InChI=1S/C14H18N2/c1-3-12-8-14(12)16-10(2)13-6-4-5-11(7-13)9-15/h4-7,10,12,14,16H,3,8H2,1-2H3. The highest BCUT2D eigenvalue weighted by Crippen LogP contribution is 2.35. The summed E-state index contributed by atoms with van der Waals surface area (Å²) in [5, 5.41) is 12.5. The molecule has 0 bridgehead atoms. The van der Waals surface area contributed by atoms with E-state index in [-0.39, 0.29) is 0 Å². The molecule has 3 unspecified atom stereocenters. The molecule has 0 aliphatic heterocycles. The molecule has 0 amide bonds. The zero-order valence-electron chi connectivity index (χ0n) is 9.90. The van der Waals surface area contributed by atoms with Gasteiger partial charge in [0.25, 0.3) is 0 Å². The molecular formula is C14H18N2. The summed E-state index contributed by atoms with van der Waals surface area (Å²) in [6.45, 7) is 4.41. The first-order valence-electron chi connectivity index (χ1n) is 6.00. The van der Waals surface area contributed by atoms with E-state index in [1.165, 1.54) is 18.4 Å². The lowest BCUT2D eigenvalue weighted by Gasteiger charge is -2.14. The summed E-state index contributed by atoms with van der Waals surface area (Å²) in [4.78, 5) is 0. The Morgan fingerprint density at radius 2 is 2.38 bits per heavy atom. The van der Waals surface area contributed by atoms with Gasteiger partial charge in [0.05, 0.1) is 11.6 Å². The molecule has 2 nitrogen and oxygen atoms in total. The molecule has 0 heterocycles. The Morgan fingerprint density at radius 3 is 3.00 bits per heavy atom. The molecule has 1 N–H and O–H groups in total. The van der Waals surface area contributed by atoms with Crippen molar-refractivity contribution in [1.82, 2.24) is 5.32 Å². The second-order valence-corrected chi connectivity index (χ2v) is 4.64. The van der Waals surface area contributed by atoms with Gasteiger partial charge in [0, 0.05) is 12.1 Å². The molecule has 1 saturated carbocycles. The van der Waals surface area contributed by atoms with Gasteiger partial charge in [-0.1, -0.05) is 25.5 Å². The fourth-order valence-corrected chi connectivity index (χ4v) is 2.20. The van der Waals surface area contributed by atoms with Crippen LogP contribution < -0.4 is 5.32 Å². The van der Waals surface area contributed by atoms with Gasteiger partial charge in [-0.2, -0.15) is 5.26 Å². The van der Waals surface area contributed by atoms with Crippen LogP contribution in [0.1, 0.15) is 43.9 Å². The molecule has 0 aromatic heterocycles. The lowest BCUT2D eigenvalue weighted by atomic mass is 10.1. The van der Waals surface area contributed by atoms with Crippen molar-refractivity contribution < 1.29 is 0 Å². The Morgan fingerprint density at radius 1 is 1.56 bits per heavy atom. The number of nitriles is 1. The molecule has 1 fully saturated rings. The van der Waals surface area contributed by atoms with Crippen molar-refractivity contribution in [3.8, 4) is 6.07 Å². The molecule has 3 atom stereocenters. The Labute approximate surface area is 97.3 Å². The Bertz CT molecular complexity index is 405. The number of rotatable bonds is 4. The van der Waals surface area contributed by atoms with E-state index in [0.717, 1.165) is 11.5 Å². The lowest BCUT2D eigenvalue weighted by Crippen LogP contribution is -2.22. The molecule has 1 aliphatic rings. The Balaban J connectivity index is 1.98. The van der Waals surface area contributed by atoms with Gasteiger partial charge >= 0.3 is 0 Å². The maximum atomic E-state index is 8.85. The lowest BCUT2D eigenvalue weighted by molar-refractivity contribution is 0.539. The van der Waals surface area contributed by atoms with Crippen LogP contribution in [0.4, 0.5) is 0 Å². The zero-order valence-corrected chi connectivity index (χ0v) is 9.90. The number of nitrogens with zero attached hydrogens (tertiary/aromatic N) is 1. The average molecular weight is 214 g/mol. The number of hydrogen-bond donors (Lipinski definition) is 1. The number of hydrogen-bond acceptors (Lipinski definition) is 2. The van der Waals surface area contributed by atoms with Crippen molar-refractivity contribution in [1.29, 1.82) is 5.26 Å². The topological polar surface area (TPSA) is 35.8 Å². The highest BCUT2D eigenvalue weighted by Gasteiger charge is 2.35. The molecule has 1 aliphatic carbocycles. The first-order valence-corrected chi connectivity index (χ1v) is 6.00. The third-order valence-corrected chi connectivity index (χ3v) is 3.43. The first kappa shape index (κ1) is 11.2. The number of nitrogens with one attached hydrogen (secondary N) is 1. The van der Waals surface area contributed by atoms with Crippen LogP contribution >= 0.6 is 0 Å². The SMILES string of the molecule is CCC1CC1NC(C)c1cccc(C#N)c1. The van der Waals surface area contributed by atoms with Crippen molar-refractivity contribution >= 4 is 0 Å². The van der Waals surface area contributed by atoms with Gasteiger partial charge in [-0.15, -0.1) is 0 Å². The van der Waals surface area contributed by atoms with Crippen LogP contribution in [0.5, 0.6) is 0 Å². The fraction of sp³-hybridized carbons (Fsp3) is 0.500. The molecule has 0 spiro atoms. The van der Waals surface area contributed by atoms with Crippen LogP contribution in [0.25, 0.3) is 0 Å². The van der Waals surface area contributed by atoms with E-state index in [0.29, 0.717) is 12.1 Å². The minimum atomic E-state index is 0.342. The predicted octanol–water partition coefficient (Wildman–Crippen LogP) is 3.01. The summed E-state index contributed by atoms with van der Waals surface area (Å²) < 4.78 is 0. The molecule has 0 saturated heterocycles. The predicted molar refractivity (Wildman–Crippen MR) is 64.9 cm³/mol. The molecule has 1 aromatic carbocycles. The zero-order chi connectivity index (χ0) is 11.5. The summed E-state index contributed by atoms with van der Waals surface area (Å²) in [5.41, 5.74) is 1.95. The highest BCUT2D eigenvalue weighted by molar-refractivity contribution is 5.34. The van der Waals surface area contributed by atoms with E-state index in [1.54, 1.807) is 0 Å². The second-order valence-electron chi connectivity index (χ2n) is 4.64. The second kappa shape index (κ2) is 4.67. The summed E-state index contributed by atoms with van der Waals surface area (Å²) in [5.74, 6) is 0.863. The molecule has 1 aromatic rings. The van der Waals surface area contributed by atoms with Crippen LogP contribution in [0, 0.1) is 17.2 Å². The molecule has 2 rings (SSSR count). The van der Waals surface area contributed by atoms with E-state index in [9.17, 15) is 0 Å². The van der Waals surface area contributed by atoms with E-state index in [2.05, 4.69) is 31.3 Å². The fourth-order valence-electron chi connectivity index (χ4n) is 2.20. The third-order valence-electron chi connectivity index (χ3n) is 3.43. The van der Waals surface area contributed by atoms with E-state index in [1.807, 2.05) is 18.2 Å². The maximum absolute atomic E-state index is 8.85. The molecule has 2 heteroatoms. The largest absolute Gasteiger partial charge is 0.307 e. The van der Waals surface area contributed by atoms with Crippen LogP contribution in [0.2, 0.25) is 0 Å². The summed E-state index contributed by atoms with van der Waals surface area (Å²) in [6.07, 6.45) is 2.57. The first-order chi connectivity index (χ1) is 7.74. The van der Waals surface area contributed by atoms with Gasteiger partial charge in [0.2, 0.25) is 0 Å². The minimum Gasteiger partial charge on any atom is -0.307 e. The van der Waals surface area contributed by atoms with Gasteiger partial charge in [0.1, 0.15) is 0 Å². The van der Waals surface area contributed by atoms with Crippen LogP contribution in [-0.2, 0) is 0 Å². The van der Waals surface area contributed by atoms with Crippen LogP contribution in [0.3, 0.4) is 0 Å². The molecule has 16 heavy (non-hydrogen) atoms. The summed E-state index contributed by atoms with van der Waals surface area (Å²) >= 11 is 0. The van der Waals surface area contributed by atoms with Gasteiger partial charge in [0.15, 0.2) is 0 Å². The molecular weight excluding hydrogens is 196 g/mol. The smallest absolute Gasteiger partial charge is 0.0991 e. The summed E-state index contributed by atoms with van der Waals surface area (Å²) in [6, 6.07) is 11.1. The van der Waals surface area contributed by atoms with Gasteiger partial charge < -0.3 is 5.32 Å². The maximum Gasteiger partial charge on any atom is 0.0991 e. The quantitative estimate of drug-likeness (QED) is 0.836. The molecule has 0 radical (unpaired) electrons. The van der Waals surface area contributed by atoms with Crippen molar-refractivity contribution in [3.05, 3.63) is 35.4 Å². The minimum absolute atomic E-state index is 0.342. The van der Waals surface area contributed by atoms with Gasteiger partial charge in [-0.05, 0) is 37.0 Å². The van der Waals surface area contributed by atoms with E-state index >= 15 is 0 Å². The Hall–Kier alpha value is -1.33. The van der Waals surface area contributed by atoms with E-state index < -0.39 is 0 Å². The van der Waals surface area contributed by atoms with Crippen LogP contribution in [-0.4, -0.2) is 6.04 Å². The number of benzene rings is 1. The summed E-state index contributed by atoms with van der Waals surface area (Å²) in [7, 11) is 0. The van der Waals surface area contributed by atoms with Crippen LogP contribution in [0.15, 0.2) is 24.3 Å². The Kier molecular flexibility index (Phi) is 3.26. The normalized spacial score (nSPS) is 24.8. The van der Waals surface area contributed by atoms with Crippen molar-refractivity contribution in [3.63, 3.8) is 0 Å². The van der Waals surface area contributed by atoms with Crippen molar-refractivity contribution in [2.45, 2.75) is 38.8 Å². The van der Waals surface area contributed by atoms with Gasteiger partial charge in [-0.3, -0.25) is 0 Å². The van der Waals surface area contributed by atoms with Crippen molar-refractivity contribution in [2.24, 2.45) is 5.92 Å². The van der Waals surface area contributed by atoms with E-state index in [4.69, 9.17) is 5.26 Å². The van der Waals surface area contributed by atoms with Crippen molar-refractivity contribution in [2.75, 3.05) is 0 Å². The van der Waals surface area contributed by atoms with Gasteiger partial charge in [-0.25, -0.2) is 0 Å². The highest BCUT2D eigenvalue weighted by atomic mass is 15.0. The monoisotopic (exact) mass is 214 g/mol. The third kappa shape index (κ3) is 2.43.